The van der Waals surface area contributed by atoms with E-state index in [0.717, 1.165) is 17.5 Å². The summed E-state index contributed by atoms with van der Waals surface area (Å²) in [6.07, 6.45) is 0.837. The molecular weight excluding hydrogens is 328 g/mol. The van der Waals surface area contributed by atoms with E-state index in [0.29, 0.717) is 17.0 Å². The van der Waals surface area contributed by atoms with Gasteiger partial charge in [-0.05, 0) is 51.0 Å². The second-order valence-electron chi connectivity index (χ2n) is 6.43. The van der Waals surface area contributed by atoms with E-state index in [1.807, 2.05) is 45.9 Å². The molecule has 0 unspecified atom stereocenters. The van der Waals surface area contributed by atoms with Gasteiger partial charge in [-0.3, -0.25) is 9.59 Å². The molecule has 0 aromatic heterocycles. The molecular formula is C21H26N2O3. The standard InChI is InChI=1S/C21H26N2O3/c1-5-16(4)22-21(25)17-8-6-7-9-18(17)23-20(24)13-26-19-11-10-14(2)12-15(19)3/h6-12,16H,5,13H2,1-4H3,(H,22,25)(H,23,24)/t16-/m0/s1. The zero-order valence-electron chi connectivity index (χ0n) is 15.8. The van der Waals surface area contributed by atoms with Crippen molar-refractivity contribution in [2.45, 2.75) is 40.2 Å². The molecule has 0 saturated carbocycles. The van der Waals surface area contributed by atoms with Crippen LogP contribution in [0.15, 0.2) is 42.5 Å². The fourth-order valence-corrected chi connectivity index (χ4v) is 2.48. The second kappa shape index (κ2) is 9.04. The highest BCUT2D eigenvalue weighted by molar-refractivity contribution is 6.04. The minimum Gasteiger partial charge on any atom is -0.483 e. The van der Waals surface area contributed by atoms with E-state index in [1.54, 1.807) is 24.3 Å². The van der Waals surface area contributed by atoms with Crippen molar-refractivity contribution < 1.29 is 14.3 Å². The first-order valence-electron chi connectivity index (χ1n) is 8.80. The number of carbonyl (C=O) groups excluding carboxylic acids is 2. The highest BCUT2D eigenvalue weighted by atomic mass is 16.5. The summed E-state index contributed by atoms with van der Waals surface area (Å²) < 4.78 is 5.60. The van der Waals surface area contributed by atoms with Crippen molar-refractivity contribution in [3.8, 4) is 5.75 Å². The molecule has 26 heavy (non-hydrogen) atoms. The van der Waals surface area contributed by atoms with Gasteiger partial charge in [-0.2, -0.15) is 0 Å². The molecule has 0 spiro atoms. The molecule has 0 radical (unpaired) electrons. The number of anilines is 1. The number of hydrogen-bond donors (Lipinski definition) is 2. The Balaban J connectivity index is 2.01. The average Bonchev–Trinajstić information content (AvgIpc) is 2.61. The van der Waals surface area contributed by atoms with Crippen molar-refractivity contribution in [2.75, 3.05) is 11.9 Å². The predicted octanol–water partition coefficient (Wildman–Crippen LogP) is 3.85. The van der Waals surface area contributed by atoms with Crippen molar-refractivity contribution in [3.05, 3.63) is 59.2 Å². The molecule has 0 saturated heterocycles. The van der Waals surface area contributed by atoms with Crippen molar-refractivity contribution in [3.63, 3.8) is 0 Å². The normalized spacial score (nSPS) is 11.5. The first-order valence-corrected chi connectivity index (χ1v) is 8.80. The van der Waals surface area contributed by atoms with Crippen LogP contribution in [0, 0.1) is 13.8 Å². The molecule has 5 heteroatoms. The number of aryl methyl sites for hydroxylation is 2. The van der Waals surface area contributed by atoms with E-state index in [9.17, 15) is 9.59 Å². The van der Waals surface area contributed by atoms with Gasteiger partial charge < -0.3 is 15.4 Å². The minimum absolute atomic E-state index is 0.0686. The van der Waals surface area contributed by atoms with Crippen LogP contribution in [0.3, 0.4) is 0 Å². The average molecular weight is 354 g/mol. The number of ether oxygens (including phenoxy) is 1. The maximum absolute atomic E-state index is 12.4. The summed E-state index contributed by atoms with van der Waals surface area (Å²) in [5, 5.41) is 5.67. The van der Waals surface area contributed by atoms with E-state index in [4.69, 9.17) is 4.74 Å². The summed E-state index contributed by atoms with van der Waals surface area (Å²) in [6, 6.07) is 12.8. The number of rotatable bonds is 7. The second-order valence-corrected chi connectivity index (χ2v) is 6.43. The van der Waals surface area contributed by atoms with Gasteiger partial charge in [-0.25, -0.2) is 0 Å². The molecule has 2 aromatic rings. The molecule has 138 valence electrons. The molecule has 2 rings (SSSR count). The first-order chi connectivity index (χ1) is 12.4. The fourth-order valence-electron chi connectivity index (χ4n) is 2.48. The Hall–Kier alpha value is -2.82. The van der Waals surface area contributed by atoms with Crippen LogP contribution in [0.4, 0.5) is 5.69 Å². The fraction of sp³-hybridized carbons (Fsp3) is 0.333. The maximum atomic E-state index is 12.4. The van der Waals surface area contributed by atoms with Crippen LogP contribution in [-0.2, 0) is 4.79 Å². The Morgan fingerprint density at radius 1 is 1.12 bits per heavy atom. The van der Waals surface area contributed by atoms with Crippen LogP contribution < -0.4 is 15.4 Å². The molecule has 0 bridgehead atoms. The molecule has 2 aromatic carbocycles. The van der Waals surface area contributed by atoms with Gasteiger partial charge >= 0.3 is 0 Å². The van der Waals surface area contributed by atoms with Crippen molar-refractivity contribution >= 4 is 17.5 Å². The van der Waals surface area contributed by atoms with Crippen molar-refractivity contribution in [2.24, 2.45) is 0 Å². The summed E-state index contributed by atoms with van der Waals surface area (Å²) in [4.78, 5) is 24.6. The lowest BCUT2D eigenvalue weighted by molar-refractivity contribution is -0.118. The SMILES string of the molecule is CC[C@H](C)NC(=O)c1ccccc1NC(=O)COc1ccc(C)cc1C. The predicted molar refractivity (Wildman–Crippen MR) is 104 cm³/mol. The van der Waals surface area contributed by atoms with Gasteiger partial charge in [0.1, 0.15) is 5.75 Å². The van der Waals surface area contributed by atoms with Gasteiger partial charge in [0.15, 0.2) is 6.61 Å². The number of para-hydroxylation sites is 1. The zero-order valence-corrected chi connectivity index (χ0v) is 15.8. The highest BCUT2D eigenvalue weighted by Gasteiger charge is 2.15. The lowest BCUT2D eigenvalue weighted by Gasteiger charge is -2.15. The van der Waals surface area contributed by atoms with Crippen LogP contribution in [0.2, 0.25) is 0 Å². The molecule has 1 atom stereocenters. The Morgan fingerprint density at radius 2 is 1.85 bits per heavy atom. The van der Waals surface area contributed by atoms with E-state index in [1.165, 1.54) is 0 Å². The zero-order chi connectivity index (χ0) is 19.1. The van der Waals surface area contributed by atoms with Gasteiger partial charge in [0.25, 0.3) is 11.8 Å². The molecule has 0 aliphatic carbocycles. The van der Waals surface area contributed by atoms with E-state index in [2.05, 4.69) is 10.6 Å². The van der Waals surface area contributed by atoms with E-state index >= 15 is 0 Å². The summed E-state index contributed by atoms with van der Waals surface area (Å²) in [7, 11) is 0. The third-order valence-corrected chi connectivity index (χ3v) is 4.12. The molecule has 0 fully saturated rings. The van der Waals surface area contributed by atoms with E-state index in [-0.39, 0.29) is 24.5 Å². The van der Waals surface area contributed by atoms with Crippen molar-refractivity contribution in [1.82, 2.24) is 5.32 Å². The molecule has 2 amide bonds. The third kappa shape index (κ3) is 5.34. The first kappa shape index (κ1) is 19.5. The van der Waals surface area contributed by atoms with Gasteiger partial charge in [-0.1, -0.05) is 36.8 Å². The van der Waals surface area contributed by atoms with Gasteiger partial charge in [0, 0.05) is 6.04 Å². The maximum Gasteiger partial charge on any atom is 0.262 e. The Kier molecular flexibility index (Phi) is 6.78. The Labute approximate surface area is 154 Å². The molecule has 0 aliphatic rings. The van der Waals surface area contributed by atoms with Crippen LogP contribution in [0.1, 0.15) is 41.8 Å². The minimum atomic E-state index is -0.311. The number of carbonyl (C=O) groups is 2. The van der Waals surface area contributed by atoms with Crippen LogP contribution in [0.25, 0.3) is 0 Å². The molecule has 0 heterocycles. The number of nitrogens with one attached hydrogen (secondary N) is 2. The van der Waals surface area contributed by atoms with Crippen LogP contribution in [0.5, 0.6) is 5.75 Å². The smallest absolute Gasteiger partial charge is 0.262 e. The number of amides is 2. The van der Waals surface area contributed by atoms with Crippen LogP contribution in [-0.4, -0.2) is 24.5 Å². The Bertz CT molecular complexity index is 787. The third-order valence-electron chi connectivity index (χ3n) is 4.12. The lowest BCUT2D eigenvalue weighted by Crippen LogP contribution is -2.33. The van der Waals surface area contributed by atoms with E-state index < -0.39 is 0 Å². The molecule has 0 aliphatic heterocycles. The van der Waals surface area contributed by atoms with Crippen molar-refractivity contribution in [1.29, 1.82) is 0 Å². The summed E-state index contributed by atoms with van der Waals surface area (Å²) in [5.74, 6) is 0.160. The Morgan fingerprint density at radius 3 is 2.54 bits per heavy atom. The highest BCUT2D eigenvalue weighted by Crippen LogP contribution is 2.19. The number of hydrogen-bond acceptors (Lipinski definition) is 3. The van der Waals surface area contributed by atoms with Crippen LogP contribution >= 0.6 is 0 Å². The van der Waals surface area contributed by atoms with Gasteiger partial charge in [0.05, 0.1) is 11.3 Å². The summed E-state index contributed by atoms with van der Waals surface area (Å²) >= 11 is 0. The molecule has 5 nitrogen and oxygen atoms in total. The van der Waals surface area contributed by atoms with Gasteiger partial charge in [0.2, 0.25) is 0 Å². The van der Waals surface area contributed by atoms with Gasteiger partial charge in [-0.15, -0.1) is 0 Å². The lowest BCUT2D eigenvalue weighted by atomic mass is 10.1. The number of benzene rings is 2. The monoisotopic (exact) mass is 354 g/mol. The topological polar surface area (TPSA) is 67.4 Å². The molecule has 2 N–H and O–H groups in total. The summed E-state index contributed by atoms with van der Waals surface area (Å²) in [5.41, 5.74) is 3.03. The largest absolute Gasteiger partial charge is 0.483 e. The summed E-state index contributed by atoms with van der Waals surface area (Å²) in [6.45, 7) is 7.77. The quantitative estimate of drug-likeness (QED) is 0.794.